The average Bonchev–Trinajstić information content (AvgIpc) is 3.49. The summed E-state index contributed by atoms with van der Waals surface area (Å²) in [5, 5.41) is 6.65. The molecule has 1 heterocycles. The van der Waals surface area contributed by atoms with E-state index < -0.39 is 28.3 Å². The van der Waals surface area contributed by atoms with Crippen molar-refractivity contribution < 1.29 is 31.9 Å². The van der Waals surface area contributed by atoms with Crippen LogP contribution in [0.1, 0.15) is 18.4 Å². The number of carbonyl (C=O) groups excluding carboxylic acids is 2. The smallest absolute Gasteiger partial charge is 0.264 e. The summed E-state index contributed by atoms with van der Waals surface area (Å²) >= 11 is 0. The number of hydrogen-bond acceptors (Lipinski definition) is 7. The molecule has 0 spiro atoms. The van der Waals surface area contributed by atoms with Gasteiger partial charge in [0.1, 0.15) is 18.1 Å². The zero-order chi connectivity index (χ0) is 28.4. The number of amides is 2. The molecule has 10 nitrogen and oxygen atoms in total. The second-order valence-corrected chi connectivity index (χ2v) is 10.7. The van der Waals surface area contributed by atoms with Crippen LogP contribution in [0.5, 0.6) is 5.75 Å². The van der Waals surface area contributed by atoms with E-state index in [9.17, 15) is 22.4 Å². The zero-order valence-corrected chi connectivity index (χ0v) is 22.3. The van der Waals surface area contributed by atoms with Crippen molar-refractivity contribution >= 4 is 33.7 Å². The minimum absolute atomic E-state index is 0.0545. The highest BCUT2D eigenvalue weighted by Gasteiger charge is 2.29. The van der Waals surface area contributed by atoms with E-state index in [4.69, 9.17) is 9.47 Å². The maximum atomic E-state index is 14.5. The lowest BCUT2D eigenvalue weighted by Crippen LogP contribution is -2.40. The van der Waals surface area contributed by atoms with Gasteiger partial charge in [-0.3, -0.25) is 13.9 Å². The summed E-state index contributed by atoms with van der Waals surface area (Å²) < 4.78 is 52.7. The Morgan fingerprint density at radius 2 is 1.75 bits per heavy atom. The number of ether oxygens (including phenoxy) is 2. The minimum Gasteiger partial charge on any atom is -0.484 e. The SMILES string of the molecule is O=C(COc1ccc(/C=N\NC(=O)CN(c2ccccc2F)S(=O)(=O)c2ccccc2)cc1)NC[C@H]1CCCO1. The van der Waals surface area contributed by atoms with Crippen LogP contribution in [0, 0.1) is 5.82 Å². The van der Waals surface area contributed by atoms with Gasteiger partial charge in [-0.15, -0.1) is 0 Å². The van der Waals surface area contributed by atoms with E-state index in [1.165, 1.54) is 48.7 Å². The monoisotopic (exact) mass is 568 g/mol. The van der Waals surface area contributed by atoms with Crippen LogP contribution in [0.4, 0.5) is 10.1 Å². The standard InChI is InChI=1S/C28H29FN4O6S/c29-25-10-4-5-11-26(25)33(40(36,37)24-8-2-1-3-9-24)19-27(34)32-31-17-21-12-14-22(15-13-21)39-20-28(35)30-18-23-7-6-16-38-23/h1-5,8-15,17,23H,6-7,16,18-20H2,(H,30,35)(H,32,34)/b31-17-/t23-/m1/s1. The molecule has 1 atom stereocenters. The fraction of sp³-hybridized carbons (Fsp3) is 0.250. The maximum absolute atomic E-state index is 14.5. The first kappa shape index (κ1) is 28.7. The Labute approximate surface area is 231 Å². The van der Waals surface area contributed by atoms with E-state index in [0.29, 0.717) is 22.2 Å². The molecule has 2 N–H and O–H groups in total. The third-order valence-corrected chi connectivity index (χ3v) is 7.72. The predicted octanol–water partition coefficient (Wildman–Crippen LogP) is 2.85. The van der Waals surface area contributed by atoms with Crippen LogP contribution in [0.15, 0.2) is 88.9 Å². The number of sulfonamides is 1. The lowest BCUT2D eigenvalue weighted by atomic mass is 10.2. The van der Waals surface area contributed by atoms with Gasteiger partial charge in [0.2, 0.25) is 0 Å². The molecular formula is C28H29FN4O6S. The Bertz CT molecular complexity index is 1430. The Balaban J connectivity index is 1.32. The van der Waals surface area contributed by atoms with Crippen molar-refractivity contribution in [1.82, 2.24) is 10.7 Å². The summed E-state index contributed by atoms with van der Waals surface area (Å²) in [5.74, 6) is -1.34. The van der Waals surface area contributed by atoms with Crippen molar-refractivity contribution in [3.63, 3.8) is 0 Å². The van der Waals surface area contributed by atoms with Gasteiger partial charge in [0.05, 0.1) is 22.9 Å². The molecule has 0 saturated carbocycles. The molecule has 3 aromatic carbocycles. The summed E-state index contributed by atoms with van der Waals surface area (Å²) in [6.45, 7) is 0.343. The molecule has 1 saturated heterocycles. The first-order valence-electron chi connectivity index (χ1n) is 12.6. The molecule has 1 fully saturated rings. The van der Waals surface area contributed by atoms with Crippen LogP contribution >= 0.6 is 0 Å². The summed E-state index contributed by atoms with van der Waals surface area (Å²) in [6.07, 6.45) is 3.34. The van der Waals surface area contributed by atoms with Crippen molar-refractivity contribution in [2.24, 2.45) is 5.10 Å². The van der Waals surface area contributed by atoms with Gasteiger partial charge in [-0.25, -0.2) is 18.2 Å². The minimum atomic E-state index is -4.24. The Kier molecular flexibility index (Phi) is 9.81. The summed E-state index contributed by atoms with van der Waals surface area (Å²) in [4.78, 5) is 24.5. The predicted molar refractivity (Wildman–Crippen MR) is 147 cm³/mol. The van der Waals surface area contributed by atoms with Gasteiger partial charge in [-0.05, 0) is 66.9 Å². The highest BCUT2D eigenvalue weighted by atomic mass is 32.2. The molecule has 1 aliphatic heterocycles. The van der Waals surface area contributed by atoms with Crippen molar-refractivity contribution in [2.45, 2.75) is 23.8 Å². The van der Waals surface area contributed by atoms with Gasteiger partial charge >= 0.3 is 0 Å². The number of halogens is 1. The van der Waals surface area contributed by atoms with E-state index in [-0.39, 0.29) is 29.2 Å². The molecule has 12 heteroatoms. The fourth-order valence-electron chi connectivity index (χ4n) is 3.90. The van der Waals surface area contributed by atoms with E-state index in [2.05, 4.69) is 15.8 Å². The van der Waals surface area contributed by atoms with Gasteiger partial charge in [0.25, 0.3) is 21.8 Å². The first-order valence-corrected chi connectivity index (χ1v) is 14.0. The normalized spacial score (nSPS) is 15.1. The van der Waals surface area contributed by atoms with Crippen molar-refractivity contribution in [3.8, 4) is 5.75 Å². The van der Waals surface area contributed by atoms with Gasteiger partial charge in [0.15, 0.2) is 6.61 Å². The number of nitrogens with zero attached hydrogens (tertiary/aromatic N) is 2. The molecule has 210 valence electrons. The van der Waals surface area contributed by atoms with Crippen molar-refractivity contribution in [2.75, 3.05) is 30.6 Å². The fourth-order valence-corrected chi connectivity index (χ4v) is 5.35. The molecule has 0 unspecified atom stereocenters. The molecule has 1 aliphatic rings. The van der Waals surface area contributed by atoms with Gasteiger partial charge < -0.3 is 14.8 Å². The second-order valence-electron chi connectivity index (χ2n) is 8.87. The van der Waals surface area contributed by atoms with Gasteiger partial charge in [-0.2, -0.15) is 5.10 Å². The summed E-state index contributed by atoms with van der Waals surface area (Å²) in [5.41, 5.74) is 2.62. The molecular weight excluding hydrogens is 539 g/mol. The van der Waals surface area contributed by atoms with Crippen LogP contribution in [-0.4, -0.2) is 58.9 Å². The van der Waals surface area contributed by atoms with Crippen LogP contribution in [-0.2, 0) is 24.3 Å². The number of anilines is 1. The quantitative estimate of drug-likeness (QED) is 0.256. The average molecular weight is 569 g/mol. The van der Waals surface area contributed by atoms with Crippen LogP contribution in [0.25, 0.3) is 0 Å². The van der Waals surface area contributed by atoms with Crippen LogP contribution < -0.4 is 19.8 Å². The molecule has 3 aromatic rings. The lowest BCUT2D eigenvalue weighted by molar-refractivity contribution is -0.123. The van der Waals surface area contributed by atoms with E-state index in [0.717, 1.165) is 25.5 Å². The number of nitrogens with one attached hydrogen (secondary N) is 2. The third kappa shape index (κ3) is 7.87. The number of hydrogen-bond donors (Lipinski definition) is 2. The molecule has 0 bridgehead atoms. The second kappa shape index (κ2) is 13.7. The summed E-state index contributed by atoms with van der Waals surface area (Å²) in [6, 6.07) is 19.4. The van der Waals surface area contributed by atoms with Crippen molar-refractivity contribution in [1.29, 1.82) is 0 Å². The molecule has 2 amide bonds. The number of hydrazone groups is 1. The van der Waals surface area contributed by atoms with Gasteiger partial charge in [-0.1, -0.05) is 30.3 Å². The van der Waals surface area contributed by atoms with E-state index in [1.54, 1.807) is 30.3 Å². The third-order valence-electron chi connectivity index (χ3n) is 5.94. The Morgan fingerprint density at radius 3 is 2.45 bits per heavy atom. The first-order chi connectivity index (χ1) is 19.3. The molecule has 4 rings (SSSR count). The van der Waals surface area contributed by atoms with Crippen LogP contribution in [0.2, 0.25) is 0 Å². The van der Waals surface area contributed by atoms with Gasteiger partial charge in [0, 0.05) is 13.2 Å². The highest BCUT2D eigenvalue weighted by Crippen LogP contribution is 2.26. The lowest BCUT2D eigenvalue weighted by Gasteiger charge is -2.24. The Hall–Kier alpha value is -4.29. The number of para-hydroxylation sites is 1. The number of carbonyl (C=O) groups is 2. The largest absolute Gasteiger partial charge is 0.484 e. The topological polar surface area (TPSA) is 126 Å². The zero-order valence-electron chi connectivity index (χ0n) is 21.5. The molecule has 0 radical (unpaired) electrons. The van der Waals surface area contributed by atoms with E-state index in [1.807, 2.05) is 0 Å². The Morgan fingerprint density at radius 1 is 1.02 bits per heavy atom. The number of rotatable bonds is 12. The highest BCUT2D eigenvalue weighted by molar-refractivity contribution is 7.92. The molecule has 0 aromatic heterocycles. The van der Waals surface area contributed by atoms with E-state index >= 15 is 0 Å². The summed E-state index contributed by atoms with van der Waals surface area (Å²) in [7, 11) is -4.24. The van der Waals surface area contributed by atoms with Crippen molar-refractivity contribution in [3.05, 3.63) is 90.2 Å². The molecule has 0 aliphatic carbocycles. The van der Waals surface area contributed by atoms with Crippen LogP contribution in [0.3, 0.4) is 0 Å². The maximum Gasteiger partial charge on any atom is 0.264 e. The molecule has 40 heavy (non-hydrogen) atoms. The number of benzene rings is 3.